The fourth-order valence-electron chi connectivity index (χ4n) is 4.59. The predicted octanol–water partition coefficient (Wildman–Crippen LogP) is 3.40. The van der Waals surface area contributed by atoms with Crippen molar-refractivity contribution in [2.45, 2.75) is 65.6 Å². The van der Waals surface area contributed by atoms with E-state index in [-0.39, 0.29) is 18.8 Å². The van der Waals surface area contributed by atoms with Crippen LogP contribution in [-0.2, 0) is 4.74 Å². The lowest BCUT2D eigenvalue weighted by Crippen LogP contribution is -2.27. The number of hydrogen-bond donors (Lipinski definition) is 2. The molecule has 6 unspecified atom stereocenters. The summed E-state index contributed by atoms with van der Waals surface area (Å²) in [5.41, 5.74) is 1.38. The standard InChI is InChI=1S/C19H34O3/c1-12(11-20)6-5-9-22-14(3)10-17-15(4)18-13(2)7-8-16(17)19(18)21/h7,12,14-21H,5-6,8-11H2,1-4H3/t12?,14?,15-,16?,17?,18?,19?/m1/s1. The highest BCUT2D eigenvalue weighted by molar-refractivity contribution is 5.19. The Hall–Kier alpha value is -0.380. The van der Waals surface area contributed by atoms with Gasteiger partial charge in [0, 0.05) is 19.1 Å². The van der Waals surface area contributed by atoms with Gasteiger partial charge < -0.3 is 14.9 Å². The van der Waals surface area contributed by atoms with Crippen molar-refractivity contribution in [2.24, 2.45) is 29.6 Å². The molecule has 0 amide bonds. The van der Waals surface area contributed by atoms with Gasteiger partial charge in [-0.25, -0.2) is 0 Å². The fourth-order valence-corrected chi connectivity index (χ4v) is 4.59. The van der Waals surface area contributed by atoms with Crippen LogP contribution in [0.25, 0.3) is 0 Å². The molecule has 2 aliphatic carbocycles. The lowest BCUT2D eigenvalue weighted by Gasteiger charge is -2.27. The van der Waals surface area contributed by atoms with Crippen LogP contribution in [0.15, 0.2) is 11.6 Å². The van der Waals surface area contributed by atoms with Gasteiger partial charge in [0.25, 0.3) is 0 Å². The molecule has 0 aliphatic heterocycles. The van der Waals surface area contributed by atoms with Gasteiger partial charge in [-0.3, -0.25) is 0 Å². The Kier molecular flexibility index (Phi) is 6.48. The summed E-state index contributed by atoms with van der Waals surface area (Å²) >= 11 is 0. The lowest BCUT2D eigenvalue weighted by molar-refractivity contribution is 0.0286. The highest BCUT2D eigenvalue weighted by Gasteiger charge is 2.49. The van der Waals surface area contributed by atoms with E-state index in [0.717, 1.165) is 32.3 Å². The third kappa shape index (κ3) is 3.93. The topological polar surface area (TPSA) is 49.7 Å². The molecule has 0 aromatic rings. The van der Waals surface area contributed by atoms with Crippen molar-refractivity contribution in [2.75, 3.05) is 13.2 Å². The predicted molar refractivity (Wildman–Crippen MR) is 89.5 cm³/mol. The van der Waals surface area contributed by atoms with Gasteiger partial charge in [-0.05, 0) is 63.2 Å². The Balaban J connectivity index is 1.77. The van der Waals surface area contributed by atoms with E-state index >= 15 is 0 Å². The van der Waals surface area contributed by atoms with Crippen molar-refractivity contribution < 1.29 is 14.9 Å². The highest BCUT2D eigenvalue weighted by atomic mass is 16.5. The van der Waals surface area contributed by atoms with Crippen LogP contribution in [0.2, 0.25) is 0 Å². The Bertz CT molecular complexity index is 379. The van der Waals surface area contributed by atoms with Crippen LogP contribution >= 0.6 is 0 Å². The molecule has 0 spiro atoms. The SMILES string of the molecule is CC1=CCC2C(O)C1[C@H](C)C2CC(C)OCCCC(C)CO. The molecule has 0 saturated heterocycles. The largest absolute Gasteiger partial charge is 0.396 e. The fraction of sp³-hybridized carbons (Fsp3) is 0.895. The third-order valence-electron chi connectivity index (χ3n) is 6.00. The number of fused-ring (bicyclic) bond motifs is 2. The molecular formula is C19H34O3. The van der Waals surface area contributed by atoms with E-state index in [2.05, 4.69) is 33.8 Å². The van der Waals surface area contributed by atoms with E-state index in [1.165, 1.54) is 5.57 Å². The first kappa shape index (κ1) is 18.0. The molecule has 0 radical (unpaired) electrons. The van der Waals surface area contributed by atoms with E-state index in [0.29, 0.717) is 29.6 Å². The van der Waals surface area contributed by atoms with E-state index in [1.54, 1.807) is 0 Å². The summed E-state index contributed by atoms with van der Waals surface area (Å²) in [5, 5.41) is 19.6. The molecule has 7 atom stereocenters. The summed E-state index contributed by atoms with van der Waals surface area (Å²) in [6.07, 6.45) is 6.55. The third-order valence-corrected chi connectivity index (χ3v) is 6.00. The maximum absolute atomic E-state index is 10.5. The smallest absolute Gasteiger partial charge is 0.0641 e. The maximum Gasteiger partial charge on any atom is 0.0641 e. The molecule has 0 aromatic carbocycles. The van der Waals surface area contributed by atoms with Crippen LogP contribution in [0, 0.1) is 29.6 Å². The van der Waals surface area contributed by atoms with E-state index in [9.17, 15) is 5.11 Å². The van der Waals surface area contributed by atoms with Crippen molar-refractivity contribution in [1.29, 1.82) is 0 Å². The van der Waals surface area contributed by atoms with Crippen LogP contribution < -0.4 is 0 Å². The van der Waals surface area contributed by atoms with Crippen molar-refractivity contribution in [3.8, 4) is 0 Å². The molecule has 128 valence electrons. The Morgan fingerprint density at radius 2 is 2.09 bits per heavy atom. The molecule has 0 aromatic heterocycles. The average Bonchev–Trinajstić information content (AvgIpc) is 2.63. The second-order valence-electron chi connectivity index (χ2n) is 7.73. The van der Waals surface area contributed by atoms with Crippen molar-refractivity contribution in [1.82, 2.24) is 0 Å². The van der Waals surface area contributed by atoms with Gasteiger partial charge >= 0.3 is 0 Å². The summed E-state index contributed by atoms with van der Waals surface area (Å²) in [5.74, 6) is 2.28. The molecule has 1 saturated carbocycles. The van der Waals surface area contributed by atoms with E-state index in [1.807, 2.05) is 0 Å². The van der Waals surface area contributed by atoms with Crippen LogP contribution in [0.3, 0.4) is 0 Å². The van der Waals surface area contributed by atoms with Crippen LogP contribution in [-0.4, -0.2) is 35.6 Å². The first-order valence-electron chi connectivity index (χ1n) is 9.02. The van der Waals surface area contributed by atoms with Gasteiger partial charge in [-0.15, -0.1) is 0 Å². The minimum absolute atomic E-state index is 0.150. The first-order chi connectivity index (χ1) is 10.5. The van der Waals surface area contributed by atoms with E-state index in [4.69, 9.17) is 9.84 Å². The zero-order valence-electron chi connectivity index (χ0n) is 14.7. The summed E-state index contributed by atoms with van der Waals surface area (Å²) in [6, 6.07) is 0. The van der Waals surface area contributed by atoms with Gasteiger partial charge in [0.15, 0.2) is 0 Å². The molecule has 1 fully saturated rings. The number of aliphatic hydroxyl groups excluding tert-OH is 2. The average molecular weight is 310 g/mol. The molecule has 0 heterocycles. The molecular weight excluding hydrogens is 276 g/mol. The second-order valence-corrected chi connectivity index (χ2v) is 7.73. The normalized spacial score (nSPS) is 37.0. The monoisotopic (exact) mass is 310 g/mol. The summed E-state index contributed by atoms with van der Waals surface area (Å²) in [4.78, 5) is 0. The van der Waals surface area contributed by atoms with Gasteiger partial charge in [0.2, 0.25) is 0 Å². The molecule has 22 heavy (non-hydrogen) atoms. The molecule has 3 heteroatoms. The number of allylic oxidation sites excluding steroid dienone is 1. The summed E-state index contributed by atoms with van der Waals surface area (Å²) < 4.78 is 5.98. The van der Waals surface area contributed by atoms with Crippen LogP contribution in [0.4, 0.5) is 0 Å². The number of aliphatic hydroxyl groups is 2. The van der Waals surface area contributed by atoms with Gasteiger partial charge in [0.1, 0.15) is 0 Å². The van der Waals surface area contributed by atoms with Gasteiger partial charge in [-0.2, -0.15) is 0 Å². The highest BCUT2D eigenvalue weighted by Crippen LogP contribution is 2.51. The zero-order valence-corrected chi connectivity index (χ0v) is 14.7. The zero-order chi connectivity index (χ0) is 16.3. The van der Waals surface area contributed by atoms with Crippen molar-refractivity contribution in [3.05, 3.63) is 11.6 Å². The van der Waals surface area contributed by atoms with E-state index < -0.39 is 0 Å². The summed E-state index contributed by atoms with van der Waals surface area (Å²) in [7, 11) is 0. The number of hydrogen-bond acceptors (Lipinski definition) is 3. The minimum Gasteiger partial charge on any atom is -0.396 e. The first-order valence-corrected chi connectivity index (χ1v) is 9.02. The molecule has 3 nitrogen and oxygen atoms in total. The number of ether oxygens (including phenoxy) is 1. The van der Waals surface area contributed by atoms with Crippen LogP contribution in [0.5, 0.6) is 0 Å². The van der Waals surface area contributed by atoms with Crippen molar-refractivity contribution in [3.63, 3.8) is 0 Å². The second kappa shape index (κ2) is 7.94. The van der Waals surface area contributed by atoms with Crippen molar-refractivity contribution >= 4 is 0 Å². The quantitative estimate of drug-likeness (QED) is 0.533. The Morgan fingerprint density at radius 1 is 1.36 bits per heavy atom. The number of rotatable bonds is 8. The van der Waals surface area contributed by atoms with Gasteiger partial charge in [-0.1, -0.05) is 25.5 Å². The minimum atomic E-state index is -0.150. The summed E-state index contributed by atoms with van der Waals surface area (Å²) in [6.45, 7) is 9.75. The molecule has 2 bridgehead atoms. The Morgan fingerprint density at radius 3 is 2.73 bits per heavy atom. The Labute approximate surface area is 135 Å². The van der Waals surface area contributed by atoms with Crippen LogP contribution in [0.1, 0.15) is 53.4 Å². The molecule has 2 rings (SSSR count). The lowest BCUT2D eigenvalue weighted by atomic mass is 9.84. The maximum atomic E-state index is 10.5. The molecule has 2 aliphatic rings. The van der Waals surface area contributed by atoms with Gasteiger partial charge in [0.05, 0.1) is 12.2 Å². The molecule has 2 N–H and O–H groups in total.